The van der Waals surface area contributed by atoms with Crippen molar-refractivity contribution in [1.82, 2.24) is 9.97 Å². The van der Waals surface area contributed by atoms with Gasteiger partial charge in [-0.15, -0.1) is 0 Å². The van der Waals surface area contributed by atoms with E-state index in [4.69, 9.17) is 21.3 Å². The highest BCUT2D eigenvalue weighted by molar-refractivity contribution is 8.10. The van der Waals surface area contributed by atoms with Crippen LogP contribution in [0.2, 0.25) is 5.02 Å². The molecule has 2 fully saturated rings. The van der Waals surface area contributed by atoms with Gasteiger partial charge in [0, 0.05) is 36.8 Å². The first-order chi connectivity index (χ1) is 19.7. The molecule has 4 heterocycles. The molecule has 0 bridgehead atoms. The van der Waals surface area contributed by atoms with Gasteiger partial charge in [-0.1, -0.05) is 68.1 Å². The number of nitrogens with zero attached hydrogens (tertiary/aromatic N) is 4. The molecule has 0 aliphatic carbocycles. The lowest BCUT2D eigenvalue weighted by Gasteiger charge is -2.32. The lowest BCUT2D eigenvalue weighted by Crippen LogP contribution is -2.37. The Morgan fingerprint density at radius 1 is 1.29 bits per heavy atom. The van der Waals surface area contributed by atoms with E-state index in [2.05, 4.69) is 35.6 Å². The Hall–Kier alpha value is -2.56. The van der Waals surface area contributed by atoms with Crippen molar-refractivity contribution in [1.29, 1.82) is 0 Å². The highest BCUT2D eigenvalue weighted by Crippen LogP contribution is 2.43. The maximum absolute atomic E-state index is 13.2. The summed E-state index contributed by atoms with van der Waals surface area (Å²) in [5, 5.41) is 6.74. The first kappa shape index (κ1) is 32.9. The van der Waals surface area contributed by atoms with Crippen LogP contribution in [0.25, 0.3) is 4.91 Å². The zero-order chi connectivity index (χ0) is 30.1. The fourth-order valence-corrected chi connectivity index (χ4v) is 7.21. The minimum atomic E-state index is -0.315. The molecule has 4 rings (SSSR count). The number of pyridine rings is 1. The van der Waals surface area contributed by atoms with Gasteiger partial charge in [0.2, 0.25) is 0 Å². The first-order valence-corrected chi connectivity index (χ1v) is 16.4. The van der Waals surface area contributed by atoms with E-state index in [1.54, 1.807) is 17.7 Å². The zero-order valence-electron chi connectivity index (χ0n) is 24.9. The summed E-state index contributed by atoms with van der Waals surface area (Å²) in [6.45, 7) is 18.8. The van der Waals surface area contributed by atoms with Crippen LogP contribution in [0.1, 0.15) is 76.9 Å². The van der Waals surface area contributed by atoms with Gasteiger partial charge < -0.3 is 14.5 Å². The third kappa shape index (κ3) is 8.05. The molecule has 1 amide bonds. The smallest absolute Gasteiger partial charge is 0.309 e. The minimum Gasteiger partial charge on any atom is -0.466 e. The Bertz CT molecular complexity index is 1240. The fourth-order valence-electron chi connectivity index (χ4n) is 5.20. The Morgan fingerprint density at radius 3 is 2.56 bits per heavy atom. The summed E-state index contributed by atoms with van der Waals surface area (Å²) >= 11 is 9.60. The van der Waals surface area contributed by atoms with Crippen molar-refractivity contribution in [3.05, 3.63) is 46.6 Å². The molecule has 2 aromatic rings. The summed E-state index contributed by atoms with van der Waals surface area (Å²) < 4.78 is 5.16. The molecular formula is C30H42ClN5O3S2. The van der Waals surface area contributed by atoms with Gasteiger partial charge in [-0.2, -0.15) is 0 Å². The number of allylic oxidation sites excluding steroid dienone is 1. The average molecular weight is 620 g/mol. The molecule has 2 aliphatic rings. The second-order valence-electron chi connectivity index (χ2n) is 9.95. The molecule has 41 heavy (non-hydrogen) atoms. The predicted octanol–water partition coefficient (Wildman–Crippen LogP) is 7.72. The highest BCUT2D eigenvalue weighted by atomic mass is 35.5. The number of thioether (sulfide) groups is 1. The Kier molecular flexibility index (Phi) is 12.5. The molecule has 2 atom stereocenters. The van der Waals surface area contributed by atoms with Crippen LogP contribution < -0.4 is 15.1 Å². The number of amides is 1. The van der Waals surface area contributed by atoms with Gasteiger partial charge in [0.1, 0.15) is 16.5 Å². The van der Waals surface area contributed by atoms with Gasteiger partial charge in [0.25, 0.3) is 5.91 Å². The van der Waals surface area contributed by atoms with Crippen molar-refractivity contribution in [2.75, 3.05) is 41.4 Å². The van der Waals surface area contributed by atoms with Gasteiger partial charge in [0.05, 0.1) is 23.1 Å². The van der Waals surface area contributed by atoms with Crippen molar-refractivity contribution >= 4 is 67.4 Å². The topological polar surface area (TPSA) is 87.7 Å². The van der Waals surface area contributed by atoms with Crippen LogP contribution >= 0.6 is 34.7 Å². The largest absolute Gasteiger partial charge is 0.466 e. The number of hydrogen-bond acceptors (Lipinski definition) is 9. The van der Waals surface area contributed by atoms with Crippen LogP contribution in [0.4, 0.5) is 16.0 Å². The summed E-state index contributed by atoms with van der Waals surface area (Å²) in [5.41, 5.74) is 1.22. The van der Waals surface area contributed by atoms with Crippen molar-refractivity contribution in [3.8, 4) is 0 Å². The fraction of sp³-hybridized carbons (Fsp3) is 0.533. The number of piperidine rings is 1. The molecule has 8 nitrogen and oxygen atoms in total. The van der Waals surface area contributed by atoms with E-state index < -0.39 is 0 Å². The standard InChI is InChI=1S/C28H36ClN5O3S2.C2H6/c1-6-22(38-8-3)23-26(34-16-17(4)13-18(34)5)39-28(31-23)32-25(35)20-14-21(29)24(30-15-20)33-11-9-19(10-12-33)27(36)37-7-2;1-2/h6,8,14-15,17-19H,3,7,9-13,16H2,1-2,4-5H3,(H,31,32,35);1-2H3/b22-6-;. The highest BCUT2D eigenvalue weighted by Gasteiger charge is 2.31. The Balaban J connectivity index is 0.00000226. The Morgan fingerprint density at radius 2 is 2.00 bits per heavy atom. The van der Waals surface area contributed by atoms with Crippen LogP contribution in [0.3, 0.4) is 0 Å². The molecule has 1 N–H and O–H groups in total. The molecule has 2 saturated heterocycles. The molecule has 2 aliphatic heterocycles. The number of thiazole rings is 1. The number of hydrogen-bond donors (Lipinski definition) is 1. The average Bonchev–Trinajstić information content (AvgIpc) is 3.54. The number of aromatic nitrogens is 2. The lowest BCUT2D eigenvalue weighted by molar-refractivity contribution is -0.148. The SMILES string of the molecule is C=CS/C(=C\C)c1nc(NC(=O)c2cnc(N3CCC(C(=O)OCC)CC3)c(Cl)c2)sc1N1CC(C)CC1C.CC. The normalized spacial score (nSPS) is 19.4. The molecular weight excluding hydrogens is 578 g/mol. The number of anilines is 3. The summed E-state index contributed by atoms with van der Waals surface area (Å²) in [5.74, 6) is 0.653. The van der Waals surface area contributed by atoms with Crippen LogP contribution in [0, 0.1) is 11.8 Å². The summed E-state index contributed by atoms with van der Waals surface area (Å²) in [4.78, 5) is 40.0. The van der Waals surface area contributed by atoms with Gasteiger partial charge >= 0.3 is 5.97 Å². The number of nitrogens with one attached hydrogen (secondary N) is 1. The molecule has 224 valence electrons. The number of esters is 1. The minimum absolute atomic E-state index is 0.0992. The van der Waals surface area contributed by atoms with Crippen LogP contribution in [-0.4, -0.2) is 54.1 Å². The molecule has 2 aromatic heterocycles. The van der Waals surface area contributed by atoms with E-state index in [1.807, 2.05) is 38.7 Å². The lowest BCUT2D eigenvalue weighted by atomic mass is 9.97. The molecule has 0 spiro atoms. The summed E-state index contributed by atoms with van der Waals surface area (Å²) in [7, 11) is 0. The molecule has 11 heteroatoms. The van der Waals surface area contributed by atoms with E-state index >= 15 is 0 Å². The van der Waals surface area contributed by atoms with Crippen LogP contribution in [-0.2, 0) is 9.53 Å². The van der Waals surface area contributed by atoms with E-state index in [0.29, 0.717) is 66.0 Å². The van der Waals surface area contributed by atoms with E-state index in [0.717, 1.165) is 28.6 Å². The van der Waals surface area contributed by atoms with Crippen LogP contribution in [0.15, 0.2) is 30.3 Å². The number of ether oxygens (including phenoxy) is 1. The number of carbonyl (C=O) groups excluding carboxylic acids is 2. The third-order valence-corrected chi connectivity index (χ3v) is 9.21. The number of carbonyl (C=O) groups is 2. The summed E-state index contributed by atoms with van der Waals surface area (Å²) in [6, 6.07) is 2.04. The monoisotopic (exact) mass is 619 g/mol. The second-order valence-corrected chi connectivity index (χ2v) is 12.3. The van der Waals surface area contributed by atoms with Crippen molar-refractivity contribution < 1.29 is 14.3 Å². The second kappa shape index (κ2) is 15.6. The van der Waals surface area contributed by atoms with E-state index in [-0.39, 0.29) is 17.8 Å². The van der Waals surface area contributed by atoms with Crippen molar-refractivity contribution in [2.45, 2.75) is 66.8 Å². The zero-order valence-corrected chi connectivity index (χ0v) is 27.3. The van der Waals surface area contributed by atoms with Crippen LogP contribution in [0.5, 0.6) is 0 Å². The number of rotatable bonds is 9. The van der Waals surface area contributed by atoms with Gasteiger partial charge in [-0.3, -0.25) is 14.9 Å². The van der Waals surface area contributed by atoms with Gasteiger partial charge in [-0.25, -0.2) is 9.97 Å². The summed E-state index contributed by atoms with van der Waals surface area (Å²) in [6.07, 6.45) is 6.05. The van der Waals surface area contributed by atoms with Crippen molar-refractivity contribution in [2.24, 2.45) is 11.8 Å². The van der Waals surface area contributed by atoms with E-state index in [1.165, 1.54) is 23.1 Å². The third-order valence-electron chi connectivity index (χ3n) is 7.08. The molecule has 0 saturated carbocycles. The first-order valence-electron chi connectivity index (χ1n) is 14.4. The molecule has 2 unspecified atom stereocenters. The molecule has 0 aromatic carbocycles. The van der Waals surface area contributed by atoms with Gasteiger partial charge in [-0.05, 0) is 57.4 Å². The van der Waals surface area contributed by atoms with Gasteiger partial charge in [0.15, 0.2) is 5.13 Å². The van der Waals surface area contributed by atoms with E-state index in [9.17, 15) is 9.59 Å². The Labute approximate surface area is 257 Å². The molecule has 0 radical (unpaired) electrons. The van der Waals surface area contributed by atoms with Crippen molar-refractivity contribution in [3.63, 3.8) is 0 Å². The number of halogens is 1. The maximum atomic E-state index is 13.2. The maximum Gasteiger partial charge on any atom is 0.309 e. The quantitative estimate of drug-likeness (QED) is 0.285. The predicted molar refractivity (Wildman–Crippen MR) is 174 cm³/mol.